The molecular formula is C23H33ClN2O2. The van der Waals surface area contributed by atoms with Crippen LogP contribution in [0, 0.1) is 20.8 Å². The third-order valence-electron chi connectivity index (χ3n) is 5.27. The molecule has 0 N–H and O–H groups in total. The number of rotatable bonds is 7. The van der Waals surface area contributed by atoms with Gasteiger partial charge in [-0.25, -0.2) is 0 Å². The van der Waals surface area contributed by atoms with Gasteiger partial charge >= 0.3 is 0 Å². The van der Waals surface area contributed by atoms with E-state index in [1.807, 2.05) is 12.1 Å². The summed E-state index contributed by atoms with van der Waals surface area (Å²) in [4.78, 5) is 4.95. The fraction of sp³-hybridized carbons (Fsp3) is 0.478. The van der Waals surface area contributed by atoms with Gasteiger partial charge in [0.2, 0.25) is 0 Å². The van der Waals surface area contributed by atoms with Gasteiger partial charge in [0.25, 0.3) is 0 Å². The highest BCUT2D eigenvalue weighted by Crippen LogP contribution is 2.28. The van der Waals surface area contributed by atoms with Crippen molar-refractivity contribution in [2.45, 2.75) is 27.2 Å². The van der Waals surface area contributed by atoms with Crippen molar-refractivity contribution in [3.8, 4) is 11.5 Å². The number of anilines is 1. The average molecular weight is 405 g/mol. The molecule has 0 aliphatic carbocycles. The maximum atomic E-state index is 6.08. The first kappa shape index (κ1) is 22.4. The minimum absolute atomic E-state index is 0. The van der Waals surface area contributed by atoms with Crippen LogP contribution in [0.25, 0.3) is 0 Å². The fourth-order valence-electron chi connectivity index (χ4n) is 3.96. The molecule has 1 aliphatic heterocycles. The smallest absolute Gasteiger partial charge is 0.142 e. The highest BCUT2D eigenvalue weighted by molar-refractivity contribution is 5.85. The maximum Gasteiger partial charge on any atom is 0.142 e. The first-order valence-electron chi connectivity index (χ1n) is 9.89. The summed E-state index contributed by atoms with van der Waals surface area (Å²) < 4.78 is 11.6. The Kier molecular flexibility index (Phi) is 8.46. The first-order valence-corrected chi connectivity index (χ1v) is 9.89. The summed E-state index contributed by atoms with van der Waals surface area (Å²) in [6, 6.07) is 12.7. The molecule has 0 bridgehead atoms. The van der Waals surface area contributed by atoms with Crippen LogP contribution in [-0.2, 0) is 0 Å². The van der Waals surface area contributed by atoms with Crippen LogP contribution in [0.5, 0.6) is 11.5 Å². The summed E-state index contributed by atoms with van der Waals surface area (Å²) in [7, 11) is 1.74. The van der Waals surface area contributed by atoms with Gasteiger partial charge in [0.15, 0.2) is 0 Å². The lowest BCUT2D eigenvalue weighted by atomic mass is 10.1. The van der Waals surface area contributed by atoms with Crippen LogP contribution in [-0.4, -0.2) is 51.3 Å². The summed E-state index contributed by atoms with van der Waals surface area (Å²) in [6.45, 7) is 12.5. The lowest BCUT2D eigenvalue weighted by molar-refractivity contribution is 0.223. The van der Waals surface area contributed by atoms with Crippen molar-refractivity contribution in [2.75, 3.05) is 51.3 Å². The molecule has 1 fully saturated rings. The van der Waals surface area contributed by atoms with Crippen molar-refractivity contribution >= 4 is 18.1 Å². The molecule has 1 saturated heterocycles. The molecule has 5 heteroatoms. The number of hydrogen-bond donors (Lipinski definition) is 0. The number of hydrogen-bond acceptors (Lipinski definition) is 4. The van der Waals surface area contributed by atoms with Crippen LogP contribution in [0.2, 0.25) is 0 Å². The Balaban J connectivity index is 0.00000280. The molecule has 4 nitrogen and oxygen atoms in total. The van der Waals surface area contributed by atoms with Crippen LogP contribution >= 0.6 is 12.4 Å². The lowest BCUT2D eigenvalue weighted by Gasteiger charge is -2.36. The standard InChI is InChI=1S/C23H32N2O2.ClH/c1-18-16-19(2)23(20(3)17-18)27-15-7-10-24-11-13-25(14-12-24)21-8-5-6-9-22(21)26-4;/h5-6,8-9,16-17H,7,10-15H2,1-4H3;1H. The van der Waals surface area contributed by atoms with Crippen molar-refractivity contribution in [1.29, 1.82) is 0 Å². The Morgan fingerprint density at radius 1 is 0.929 bits per heavy atom. The largest absolute Gasteiger partial charge is 0.495 e. The van der Waals surface area contributed by atoms with Crippen LogP contribution in [0.15, 0.2) is 36.4 Å². The molecule has 0 radical (unpaired) electrons. The predicted octanol–water partition coefficient (Wildman–Crippen LogP) is 4.63. The highest BCUT2D eigenvalue weighted by atomic mass is 35.5. The summed E-state index contributed by atoms with van der Waals surface area (Å²) in [5.74, 6) is 2.02. The number of halogens is 1. The van der Waals surface area contributed by atoms with E-state index in [9.17, 15) is 0 Å². The molecule has 0 spiro atoms. The van der Waals surface area contributed by atoms with Crippen molar-refractivity contribution in [3.63, 3.8) is 0 Å². The molecule has 1 heterocycles. The van der Waals surface area contributed by atoms with E-state index in [-0.39, 0.29) is 12.4 Å². The van der Waals surface area contributed by atoms with Crippen molar-refractivity contribution in [1.82, 2.24) is 4.90 Å². The molecule has 2 aromatic rings. The Hall–Kier alpha value is -1.91. The van der Waals surface area contributed by atoms with Crippen LogP contribution in [0.1, 0.15) is 23.1 Å². The maximum absolute atomic E-state index is 6.08. The van der Waals surface area contributed by atoms with Gasteiger partial charge in [-0.05, 0) is 50.5 Å². The van der Waals surface area contributed by atoms with Crippen molar-refractivity contribution in [2.24, 2.45) is 0 Å². The van der Waals surface area contributed by atoms with E-state index < -0.39 is 0 Å². The molecule has 28 heavy (non-hydrogen) atoms. The molecule has 3 rings (SSSR count). The summed E-state index contributed by atoms with van der Waals surface area (Å²) in [6.07, 6.45) is 1.06. The van der Waals surface area contributed by atoms with Gasteiger partial charge in [0, 0.05) is 32.7 Å². The normalized spacial score (nSPS) is 14.5. The molecular weight excluding hydrogens is 372 g/mol. The zero-order valence-corrected chi connectivity index (χ0v) is 18.3. The van der Waals surface area contributed by atoms with Gasteiger partial charge in [0.1, 0.15) is 11.5 Å². The van der Waals surface area contributed by atoms with Gasteiger partial charge in [-0.2, -0.15) is 0 Å². The number of ether oxygens (including phenoxy) is 2. The van der Waals surface area contributed by atoms with Gasteiger partial charge in [-0.1, -0.05) is 29.8 Å². The van der Waals surface area contributed by atoms with E-state index in [0.29, 0.717) is 0 Å². The third-order valence-corrected chi connectivity index (χ3v) is 5.27. The molecule has 154 valence electrons. The number of aryl methyl sites for hydroxylation is 3. The Bertz CT molecular complexity index is 735. The van der Waals surface area contributed by atoms with E-state index in [1.165, 1.54) is 22.4 Å². The minimum atomic E-state index is 0. The number of nitrogens with zero attached hydrogens (tertiary/aromatic N) is 2. The second-order valence-electron chi connectivity index (χ2n) is 7.43. The van der Waals surface area contributed by atoms with Crippen molar-refractivity contribution < 1.29 is 9.47 Å². The van der Waals surface area contributed by atoms with E-state index >= 15 is 0 Å². The molecule has 0 atom stereocenters. The summed E-state index contributed by atoms with van der Waals surface area (Å²) in [5, 5.41) is 0. The van der Waals surface area contributed by atoms with Crippen LogP contribution < -0.4 is 14.4 Å². The Morgan fingerprint density at radius 3 is 2.21 bits per heavy atom. The fourth-order valence-corrected chi connectivity index (χ4v) is 3.96. The number of para-hydroxylation sites is 2. The zero-order valence-electron chi connectivity index (χ0n) is 17.5. The lowest BCUT2D eigenvalue weighted by Crippen LogP contribution is -2.46. The van der Waals surface area contributed by atoms with Gasteiger partial charge in [0.05, 0.1) is 19.4 Å². The number of methoxy groups -OCH3 is 1. The minimum Gasteiger partial charge on any atom is -0.495 e. The van der Waals surface area contributed by atoms with Crippen molar-refractivity contribution in [3.05, 3.63) is 53.1 Å². The van der Waals surface area contributed by atoms with Crippen LogP contribution in [0.3, 0.4) is 0 Å². The zero-order chi connectivity index (χ0) is 19.2. The summed E-state index contributed by atoms with van der Waals surface area (Å²) >= 11 is 0. The SMILES string of the molecule is COc1ccccc1N1CCN(CCCOc2c(C)cc(C)cc2C)CC1.Cl. The van der Waals surface area contributed by atoms with E-state index in [4.69, 9.17) is 9.47 Å². The second kappa shape index (κ2) is 10.6. The Morgan fingerprint density at radius 2 is 1.57 bits per heavy atom. The van der Waals surface area contributed by atoms with E-state index in [0.717, 1.165) is 57.3 Å². The third kappa shape index (κ3) is 5.55. The first-order chi connectivity index (χ1) is 13.1. The number of benzene rings is 2. The average Bonchev–Trinajstić information content (AvgIpc) is 2.67. The monoisotopic (exact) mass is 404 g/mol. The molecule has 2 aromatic carbocycles. The van der Waals surface area contributed by atoms with Gasteiger partial charge in [-0.3, -0.25) is 4.90 Å². The van der Waals surface area contributed by atoms with E-state index in [2.05, 4.69) is 54.8 Å². The molecule has 0 amide bonds. The highest BCUT2D eigenvalue weighted by Gasteiger charge is 2.19. The van der Waals surface area contributed by atoms with E-state index in [1.54, 1.807) is 7.11 Å². The topological polar surface area (TPSA) is 24.9 Å². The van der Waals surface area contributed by atoms with Gasteiger partial charge in [-0.15, -0.1) is 12.4 Å². The summed E-state index contributed by atoms with van der Waals surface area (Å²) in [5.41, 5.74) is 4.97. The number of piperazine rings is 1. The Labute approximate surface area is 175 Å². The predicted molar refractivity (Wildman–Crippen MR) is 120 cm³/mol. The quantitative estimate of drug-likeness (QED) is 0.628. The molecule has 0 saturated carbocycles. The van der Waals surface area contributed by atoms with Gasteiger partial charge < -0.3 is 14.4 Å². The molecule has 0 unspecified atom stereocenters. The second-order valence-corrected chi connectivity index (χ2v) is 7.43. The molecule has 1 aliphatic rings. The molecule has 0 aromatic heterocycles. The van der Waals surface area contributed by atoms with Crippen LogP contribution in [0.4, 0.5) is 5.69 Å².